The van der Waals surface area contributed by atoms with Crippen LogP contribution in [0, 0.1) is 10.1 Å². The smallest absolute Gasteiger partial charge is 0.292 e. The Balaban J connectivity index is 1.99. The molecule has 8 nitrogen and oxygen atoms in total. The second kappa shape index (κ2) is 7.03. The van der Waals surface area contributed by atoms with Crippen LogP contribution >= 0.6 is 11.8 Å². The van der Waals surface area contributed by atoms with Gasteiger partial charge in [0.25, 0.3) is 5.69 Å². The maximum absolute atomic E-state index is 11.9. The predicted molar refractivity (Wildman–Crippen MR) is 82.8 cm³/mol. The van der Waals surface area contributed by atoms with E-state index in [4.69, 9.17) is 0 Å². The van der Waals surface area contributed by atoms with Gasteiger partial charge >= 0.3 is 0 Å². The Morgan fingerprint density at radius 1 is 1.41 bits per heavy atom. The van der Waals surface area contributed by atoms with Crippen LogP contribution in [0.5, 0.6) is 0 Å². The van der Waals surface area contributed by atoms with Crippen LogP contribution in [-0.2, 0) is 18.3 Å². The molecule has 2 aromatic rings. The van der Waals surface area contributed by atoms with Crippen LogP contribution in [0.25, 0.3) is 0 Å². The van der Waals surface area contributed by atoms with E-state index in [1.807, 2.05) is 18.5 Å². The lowest BCUT2D eigenvalue weighted by Gasteiger charge is -2.05. The van der Waals surface area contributed by atoms with Gasteiger partial charge in [0, 0.05) is 19.5 Å². The zero-order valence-corrected chi connectivity index (χ0v) is 13.0. The fraction of sp³-hybridized carbons (Fsp3) is 0.308. The second-order valence-corrected chi connectivity index (χ2v) is 5.36. The number of amides is 1. The van der Waals surface area contributed by atoms with Crippen LogP contribution in [0.1, 0.15) is 12.7 Å². The Labute approximate surface area is 131 Å². The van der Waals surface area contributed by atoms with Crippen LogP contribution in [0.15, 0.2) is 29.4 Å². The SMILES string of the molecule is CCc1nnc(SCC(=O)Nc2ccccc2[N+](=O)[O-])n1C. The zero-order chi connectivity index (χ0) is 16.1. The average Bonchev–Trinajstić information content (AvgIpc) is 2.85. The van der Waals surface area contributed by atoms with Crippen molar-refractivity contribution in [1.29, 1.82) is 0 Å². The van der Waals surface area contributed by atoms with E-state index in [0.717, 1.165) is 12.2 Å². The molecule has 1 aromatic carbocycles. The van der Waals surface area contributed by atoms with Crippen molar-refractivity contribution in [1.82, 2.24) is 14.8 Å². The zero-order valence-electron chi connectivity index (χ0n) is 12.1. The number of benzene rings is 1. The van der Waals surface area contributed by atoms with Crippen LogP contribution in [0.3, 0.4) is 0 Å². The first-order chi connectivity index (χ1) is 10.5. The van der Waals surface area contributed by atoms with Gasteiger partial charge in [0.05, 0.1) is 10.7 Å². The number of aromatic nitrogens is 3. The van der Waals surface area contributed by atoms with Gasteiger partial charge < -0.3 is 9.88 Å². The number of nitro groups is 1. The van der Waals surface area contributed by atoms with Crippen LogP contribution in [-0.4, -0.2) is 31.3 Å². The lowest BCUT2D eigenvalue weighted by Crippen LogP contribution is -2.15. The van der Waals surface area contributed by atoms with Gasteiger partial charge in [-0.2, -0.15) is 0 Å². The van der Waals surface area contributed by atoms with Crippen LogP contribution < -0.4 is 5.32 Å². The summed E-state index contributed by atoms with van der Waals surface area (Å²) >= 11 is 1.23. The number of para-hydroxylation sites is 2. The van der Waals surface area contributed by atoms with E-state index in [0.29, 0.717) is 5.16 Å². The number of nitrogens with one attached hydrogen (secondary N) is 1. The summed E-state index contributed by atoms with van der Waals surface area (Å²) in [6.45, 7) is 1.97. The standard InChI is InChI=1S/C13H15N5O3S/c1-3-11-15-16-13(17(11)2)22-8-12(19)14-9-6-4-5-7-10(9)18(20)21/h4-7H,3,8H2,1-2H3,(H,14,19). The van der Waals surface area contributed by atoms with E-state index < -0.39 is 4.92 Å². The molecule has 0 saturated carbocycles. The normalized spacial score (nSPS) is 10.5. The molecule has 1 heterocycles. The lowest BCUT2D eigenvalue weighted by molar-refractivity contribution is -0.383. The minimum atomic E-state index is -0.529. The Hall–Kier alpha value is -2.42. The van der Waals surface area contributed by atoms with Gasteiger partial charge in [0.2, 0.25) is 5.91 Å². The van der Waals surface area contributed by atoms with E-state index in [2.05, 4.69) is 15.5 Å². The summed E-state index contributed by atoms with van der Waals surface area (Å²) < 4.78 is 1.82. The van der Waals surface area contributed by atoms with Crippen molar-refractivity contribution in [2.45, 2.75) is 18.5 Å². The number of anilines is 1. The van der Waals surface area contributed by atoms with E-state index in [-0.39, 0.29) is 23.0 Å². The highest BCUT2D eigenvalue weighted by atomic mass is 32.2. The molecule has 0 unspecified atom stereocenters. The van der Waals surface area contributed by atoms with Gasteiger partial charge in [0.1, 0.15) is 11.5 Å². The number of rotatable bonds is 6. The highest BCUT2D eigenvalue weighted by molar-refractivity contribution is 7.99. The van der Waals surface area contributed by atoms with E-state index in [9.17, 15) is 14.9 Å². The summed E-state index contributed by atoms with van der Waals surface area (Å²) in [4.78, 5) is 22.3. The molecular formula is C13H15N5O3S. The molecule has 1 aromatic heterocycles. The van der Waals surface area contributed by atoms with E-state index in [1.165, 1.54) is 23.9 Å². The van der Waals surface area contributed by atoms with Gasteiger partial charge in [-0.05, 0) is 6.07 Å². The summed E-state index contributed by atoms with van der Waals surface area (Å²) in [6, 6.07) is 6.03. The van der Waals surface area contributed by atoms with Crippen molar-refractivity contribution in [3.8, 4) is 0 Å². The Kier molecular flexibility index (Phi) is 5.10. The van der Waals surface area contributed by atoms with Gasteiger partial charge in [-0.1, -0.05) is 30.8 Å². The number of nitro benzene ring substituents is 1. The topological polar surface area (TPSA) is 103 Å². The number of hydrogen-bond donors (Lipinski definition) is 1. The molecule has 0 radical (unpaired) electrons. The van der Waals surface area contributed by atoms with Crippen LogP contribution in [0.4, 0.5) is 11.4 Å². The minimum absolute atomic E-state index is 0.0989. The molecular weight excluding hydrogens is 306 g/mol. The molecule has 0 aliphatic carbocycles. The number of aryl methyl sites for hydroxylation is 1. The van der Waals surface area contributed by atoms with Crippen molar-refractivity contribution in [3.05, 3.63) is 40.2 Å². The molecule has 1 N–H and O–H groups in total. The molecule has 9 heteroatoms. The monoisotopic (exact) mass is 321 g/mol. The van der Waals surface area contributed by atoms with Crippen molar-refractivity contribution in [2.75, 3.05) is 11.1 Å². The number of thioether (sulfide) groups is 1. The fourth-order valence-corrected chi connectivity index (χ4v) is 2.56. The Bertz CT molecular complexity index is 701. The summed E-state index contributed by atoms with van der Waals surface area (Å²) in [5, 5.41) is 22.1. The lowest BCUT2D eigenvalue weighted by atomic mass is 10.2. The molecule has 0 saturated heterocycles. The Morgan fingerprint density at radius 3 is 2.77 bits per heavy atom. The molecule has 2 rings (SSSR count). The van der Waals surface area contributed by atoms with Crippen molar-refractivity contribution >= 4 is 29.0 Å². The van der Waals surface area contributed by atoms with Crippen molar-refractivity contribution < 1.29 is 9.72 Å². The van der Waals surface area contributed by atoms with Crippen molar-refractivity contribution in [2.24, 2.45) is 7.05 Å². The second-order valence-electron chi connectivity index (χ2n) is 4.42. The molecule has 22 heavy (non-hydrogen) atoms. The molecule has 0 atom stereocenters. The fourth-order valence-electron chi connectivity index (χ4n) is 1.83. The third-order valence-electron chi connectivity index (χ3n) is 2.95. The average molecular weight is 321 g/mol. The predicted octanol–water partition coefficient (Wildman–Crippen LogP) is 2.02. The third-order valence-corrected chi connectivity index (χ3v) is 3.97. The molecule has 1 amide bonds. The Morgan fingerprint density at radius 2 is 2.14 bits per heavy atom. The first-order valence-corrected chi connectivity index (χ1v) is 7.55. The summed E-state index contributed by atoms with van der Waals surface area (Å²) in [5.74, 6) is 0.601. The molecule has 0 aliphatic heterocycles. The minimum Gasteiger partial charge on any atom is -0.320 e. The highest BCUT2D eigenvalue weighted by Gasteiger charge is 2.16. The highest BCUT2D eigenvalue weighted by Crippen LogP contribution is 2.24. The largest absolute Gasteiger partial charge is 0.320 e. The molecule has 0 fully saturated rings. The summed E-state index contributed by atoms with van der Waals surface area (Å²) in [6.07, 6.45) is 0.756. The molecule has 0 bridgehead atoms. The quantitative estimate of drug-likeness (QED) is 0.496. The summed E-state index contributed by atoms with van der Waals surface area (Å²) in [5.41, 5.74) is 0.0538. The third kappa shape index (κ3) is 3.61. The van der Waals surface area contributed by atoms with Gasteiger partial charge in [-0.25, -0.2) is 0 Å². The number of nitrogens with zero attached hydrogens (tertiary/aromatic N) is 4. The maximum Gasteiger partial charge on any atom is 0.292 e. The van der Waals surface area contributed by atoms with Gasteiger partial charge in [-0.3, -0.25) is 14.9 Å². The number of hydrogen-bond acceptors (Lipinski definition) is 6. The van der Waals surface area contributed by atoms with Gasteiger partial charge in [0.15, 0.2) is 5.16 Å². The van der Waals surface area contributed by atoms with E-state index >= 15 is 0 Å². The molecule has 116 valence electrons. The number of carbonyl (C=O) groups is 1. The van der Waals surface area contributed by atoms with Crippen molar-refractivity contribution in [3.63, 3.8) is 0 Å². The van der Waals surface area contributed by atoms with Gasteiger partial charge in [-0.15, -0.1) is 10.2 Å². The number of carbonyl (C=O) groups excluding carboxylic acids is 1. The first-order valence-electron chi connectivity index (χ1n) is 6.57. The van der Waals surface area contributed by atoms with Crippen LogP contribution in [0.2, 0.25) is 0 Å². The summed E-state index contributed by atoms with van der Waals surface area (Å²) in [7, 11) is 1.83. The maximum atomic E-state index is 11.9. The molecule has 0 aliphatic rings. The first kappa shape index (κ1) is 16.0. The molecule has 0 spiro atoms. The van der Waals surface area contributed by atoms with E-state index in [1.54, 1.807) is 12.1 Å².